The second-order valence-electron chi connectivity index (χ2n) is 9.12. The Bertz CT molecular complexity index is 1620. The first kappa shape index (κ1) is 26.1. The number of pyridine rings is 1. The van der Waals surface area contributed by atoms with Gasteiger partial charge in [-0.05, 0) is 66.4 Å². The third kappa shape index (κ3) is 5.99. The first-order valence-corrected chi connectivity index (χ1v) is 12.4. The van der Waals surface area contributed by atoms with Gasteiger partial charge in [-0.25, -0.2) is 23.5 Å². The van der Waals surface area contributed by atoms with Crippen molar-refractivity contribution in [2.75, 3.05) is 5.32 Å². The number of anilines is 2. The number of benzene rings is 2. The Morgan fingerprint density at radius 1 is 1.10 bits per heavy atom. The van der Waals surface area contributed by atoms with Crippen LogP contribution in [0.3, 0.4) is 0 Å². The second-order valence-corrected chi connectivity index (χ2v) is 9.55. The van der Waals surface area contributed by atoms with E-state index in [4.69, 9.17) is 16.3 Å². The highest BCUT2D eigenvalue weighted by Crippen LogP contribution is 2.39. The topological polar surface area (TPSA) is 128 Å². The number of ether oxygens (including phenoxy) is 1. The van der Waals surface area contributed by atoms with Crippen LogP contribution in [0.1, 0.15) is 17.5 Å². The fraction of sp³-hybridized carbons (Fsp3) is 0.222. The van der Waals surface area contributed by atoms with Gasteiger partial charge in [0.15, 0.2) is 0 Å². The van der Waals surface area contributed by atoms with Crippen molar-refractivity contribution >= 4 is 29.2 Å². The lowest BCUT2D eigenvalue weighted by Crippen LogP contribution is -2.43. The second kappa shape index (κ2) is 11.1. The molecule has 200 valence electrons. The maximum Gasteiger partial charge on any atom is 0.354 e. The van der Waals surface area contributed by atoms with E-state index in [1.54, 1.807) is 60.7 Å². The van der Waals surface area contributed by atoms with E-state index in [-0.39, 0.29) is 30.8 Å². The Morgan fingerprint density at radius 3 is 2.51 bits per heavy atom. The summed E-state index contributed by atoms with van der Waals surface area (Å²) in [6, 6.07) is 16.6. The molecule has 2 heterocycles. The largest absolute Gasteiger partial charge is 0.481 e. The van der Waals surface area contributed by atoms with Crippen molar-refractivity contribution in [2.24, 2.45) is 11.8 Å². The number of carbonyl (C=O) groups is 1. The van der Waals surface area contributed by atoms with Crippen LogP contribution >= 0.6 is 11.6 Å². The highest BCUT2D eigenvalue weighted by atomic mass is 35.5. The molecule has 0 amide bonds. The van der Waals surface area contributed by atoms with E-state index in [0.29, 0.717) is 28.4 Å². The summed E-state index contributed by atoms with van der Waals surface area (Å²) in [6.45, 7) is -0.655. The third-order valence-corrected chi connectivity index (χ3v) is 6.63. The van der Waals surface area contributed by atoms with Gasteiger partial charge in [0, 0.05) is 29.0 Å². The molecule has 0 aliphatic heterocycles. The minimum absolute atomic E-state index is 0.0138. The molecular weight excluding hydrogens is 529 g/mol. The summed E-state index contributed by atoms with van der Waals surface area (Å²) in [5.41, 5.74) is 0.180. The molecule has 4 aromatic rings. The monoisotopic (exact) mass is 551 g/mol. The minimum atomic E-state index is -0.947. The molecule has 2 atom stereocenters. The van der Waals surface area contributed by atoms with Gasteiger partial charge in [0.05, 0.1) is 12.5 Å². The average molecular weight is 552 g/mol. The molecule has 12 heteroatoms. The number of hydrogen-bond donors (Lipinski definition) is 2. The predicted octanol–water partition coefficient (Wildman–Crippen LogP) is 4.23. The minimum Gasteiger partial charge on any atom is -0.481 e. The van der Waals surface area contributed by atoms with Gasteiger partial charge in [-0.1, -0.05) is 23.7 Å². The molecule has 1 fully saturated rings. The van der Waals surface area contributed by atoms with Crippen molar-refractivity contribution in [3.05, 3.63) is 104 Å². The van der Waals surface area contributed by atoms with Gasteiger partial charge >= 0.3 is 17.3 Å². The van der Waals surface area contributed by atoms with Crippen LogP contribution in [-0.4, -0.2) is 30.2 Å². The van der Waals surface area contributed by atoms with Crippen LogP contribution < -0.4 is 21.4 Å². The maximum absolute atomic E-state index is 13.4. The van der Waals surface area contributed by atoms with Gasteiger partial charge < -0.3 is 15.2 Å². The Morgan fingerprint density at radius 2 is 1.85 bits per heavy atom. The van der Waals surface area contributed by atoms with E-state index >= 15 is 0 Å². The first-order chi connectivity index (χ1) is 18.8. The summed E-state index contributed by atoms with van der Waals surface area (Å²) in [4.78, 5) is 45.7. The highest BCUT2D eigenvalue weighted by molar-refractivity contribution is 6.30. The molecule has 5 rings (SSSR count). The molecule has 1 aliphatic rings. The van der Waals surface area contributed by atoms with Crippen molar-refractivity contribution < 1.29 is 19.0 Å². The van der Waals surface area contributed by atoms with E-state index in [1.807, 2.05) is 0 Å². The molecule has 1 saturated carbocycles. The van der Waals surface area contributed by atoms with Crippen molar-refractivity contribution in [3.63, 3.8) is 0 Å². The normalized spacial score (nSPS) is 16.1. The lowest BCUT2D eigenvalue weighted by atomic mass is 10.2. The average Bonchev–Trinajstić information content (AvgIpc) is 3.71. The summed E-state index contributed by atoms with van der Waals surface area (Å²) in [7, 11) is 0. The van der Waals surface area contributed by atoms with Gasteiger partial charge in [-0.3, -0.25) is 9.36 Å². The Kier molecular flexibility index (Phi) is 7.42. The molecular formula is C27H23ClFN5O5. The van der Waals surface area contributed by atoms with Crippen LogP contribution in [0.15, 0.2) is 76.4 Å². The summed E-state index contributed by atoms with van der Waals surface area (Å²) >= 11 is 6.00. The molecule has 2 aromatic heterocycles. The number of rotatable bonds is 10. The van der Waals surface area contributed by atoms with Crippen molar-refractivity contribution in [1.82, 2.24) is 19.1 Å². The van der Waals surface area contributed by atoms with Crippen LogP contribution in [0.5, 0.6) is 11.6 Å². The molecule has 10 nitrogen and oxygen atoms in total. The van der Waals surface area contributed by atoms with Gasteiger partial charge in [-0.2, -0.15) is 4.98 Å². The third-order valence-electron chi connectivity index (χ3n) is 6.38. The van der Waals surface area contributed by atoms with Crippen LogP contribution in [0, 0.1) is 11.8 Å². The van der Waals surface area contributed by atoms with Gasteiger partial charge in [0.25, 0.3) is 0 Å². The van der Waals surface area contributed by atoms with Crippen molar-refractivity contribution in [1.29, 1.82) is 0 Å². The number of nitrogens with zero attached hydrogens (tertiary/aromatic N) is 4. The first-order valence-electron chi connectivity index (χ1n) is 12.1. The van der Waals surface area contributed by atoms with Gasteiger partial charge in [0.1, 0.15) is 12.4 Å². The fourth-order valence-corrected chi connectivity index (χ4v) is 4.27. The molecule has 2 N–H and O–H groups in total. The summed E-state index contributed by atoms with van der Waals surface area (Å²) in [5, 5.41) is 12.8. The van der Waals surface area contributed by atoms with E-state index in [9.17, 15) is 23.9 Å². The van der Waals surface area contributed by atoms with E-state index in [1.165, 1.54) is 10.8 Å². The van der Waals surface area contributed by atoms with Crippen LogP contribution in [-0.2, 0) is 24.6 Å². The molecule has 0 radical (unpaired) electrons. The zero-order valence-electron chi connectivity index (χ0n) is 20.5. The summed E-state index contributed by atoms with van der Waals surface area (Å²) < 4.78 is 21.2. The molecule has 0 unspecified atom stereocenters. The standard InChI is InChI=1S/C27H23ClFN5O5/c28-19-5-3-16(4-6-19)14-33-25(32-26(37)34(27(33)38)15-18-12-22(18)24(35)36)31-20-7-9-21(10-8-20)39-23-17(13-29)2-1-11-30-23/h1-11,18,22H,12-15H2,(H,35,36)(H,31,32,37)/t18-,22-/m1/s1. The number of hydrogen-bond acceptors (Lipinski definition) is 7. The molecule has 1 aliphatic carbocycles. The maximum atomic E-state index is 13.4. The SMILES string of the molecule is O=C(O)[C@@H]1C[C@@H]1Cn1c(=O)nc(Nc2ccc(Oc3ncccc3CF)cc2)n(Cc2ccc(Cl)cc2)c1=O. The lowest BCUT2D eigenvalue weighted by Gasteiger charge is -2.16. The van der Waals surface area contributed by atoms with Crippen LogP contribution in [0.4, 0.5) is 16.0 Å². The predicted molar refractivity (Wildman–Crippen MR) is 141 cm³/mol. The molecule has 0 bridgehead atoms. The number of halogens is 2. The number of aliphatic carboxylic acids is 1. The Labute approximate surface area is 226 Å². The van der Waals surface area contributed by atoms with Crippen molar-refractivity contribution in [3.8, 4) is 11.6 Å². The summed E-state index contributed by atoms with van der Waals surface area (Å²) in [6.07, 6.45) is 1.90. The highest BCUT2D eigenvalue weighted by Gasteiger charge is 2.43. The Hall–Kier alpha value is -4.51. The number of alkyl halides is 1. The fourth-order valence-electron chi connectivity index (χ4n) is 4.15. The molecule has 0 saturated heterocycles. The number of carboxylic acids is 1. The lowest BCUT2D eigenvalue weighted by molar-refractivity contribution is -0.138. The van der Waals surface area contributed by atoms with E-state index in [0.717, 1.165) is 10.1 Å². The van der Waals surface area contributed by atoms with Gasteiger partial charge in [-0.15, -0.1) is 0 Å². The smallest absolute Gasteiger partial charge is 0.354 e. The molecule has 0 spiro atoms. The number of aromatic nitrogens is 4. The Balaban J connectivity index is 1.43. The summed E-state index contributed by atoms with van der Waals surface area (Å²) in [5.74, 6) is -1.25. The number of carboxylic acid groups (broad SMARTS) is 1. The molecule has 39 heavy (non-hydrogen) atoms. The van der Waals surface area contributed by atoms with Gasteiger partial charge in [0.2, 0.25) is 11.8 Å². The van der Waals surface area contributed by atoms with E-state index in [2.05, 4.69) is 15.3 Å². The van der Waals surface area contributed by atoms with Crippen LogP contribution in [0.2, 0.25) is 5.02 Å². The van der Waals surface area contributed by atoms with Crippen LogP contribution in [0.25, 0.3) is 0 Å². The number of nitrogens with one attached hydrogen (secondary N) is 1. The van der Waals surface area contributed by atoms with Crippen molar-refractivity contribution in [2.45, 2.75) is 26.2 Å². The zero-order chi connectivity index (χ0) is 27.5. The quantitative estimate of drug-likeness (QED) is 0.300. The molecule has 2 aromatic carbocycles. The van der Waals surface area contributed by atoms with E-state index < -0.39 is 29.9 Å². The zero-order valence-corrected chi connectivity index (χ0v) is 21.2.